The molecule has 0 fully saturated rings. The van der Waals surface area contributed by atoms with Crippen LogP contribution >= 0.6 is 31.9 Å². The van der Waals surface area contributed by atoms with Crippen LogP contribution < -0.4 is 0 Å². The van der Waals surface area contributed by atoms with E-state index in [0.717, 1.165) is 24.3 Å². The van der Waals surface area contributed by atoms with Gasteiger partial charge in [-0.15, -0.1) is 0 Å². The summed E-state index contributed by atoms with van der Waals surface area (Å²) in [5.74, 6) is -0.375. The Labute approximate surface area is 123 Å². The lowest BCUT2D eigenvalue weighted by molar-refractivity contribution is -0.137. The summed E-state index contributed by atoms with van der Waals surface area (Å²) in [5.41, 5.74) is -0.300. The zero-order chi connectivity index (χ0) is 14.2. The monoisotopic (exact) mass is 395 g/mol. The molecule has 7 heteroatoms. The molecule has 1 N–H and O–H groups in total. The number of aromatic amines is 1. The van der Waals surface area contributed by atoms with Gasteiger partial charge in [0.15, 0.2) is 0 Å². The summed E-state index contributed by atoms with van der Waals surface area (Å²) in [7, 11) is 0. The minimum absolute atomic E-state index is 0.189. The maximum atomic E-state index is 12.4. The first-order valence-electron chi connectivity index (χ1n) is 5.05. The molecule has 2 aromatic rings. The van der Waals surface area contributed by atoms with Gasteiger partial charge < -0.3 is 4.98 Å². The molecule has 0 atom stereocenters. The van der Waals surface area contributed by atoms with E-state index in [9.17, 15) is 18.0 Å². The average molecular weight is 397 g/mol. The van der Waals surface area contributed by atoms with E-state index in [0.29, 0.717) is 14.8 Å². The Morgan fingerprint density at radius 2 is 1.68 bits per heavy atom. The molecule has 0 aliphatic heterocycles. The Balaban J connectivity index is 2.30. The number of nitrogens with one attached hydrogen (secondary N) is 1. The summed E-state index contributed by atoms with van der Waals surface area (Å²) in [4.78, 5) is 14.8. The molecule has 0 amide bonds. The molecule has 0 radical (unpaired) electrons. The molecule has 0 unspecified atom stereocenters. The van der Waals surface area contributed by atoms with Crippen molar-refractivity contribution >= 4 is 37.6 Å². The van der Waals surface area contributed by atoms with E-state index in [-0.39, 0.29) is 11.3 Å². The summed E-state index contributed by atoms with van der Waals surface area (Å²) in [6.07, 6.45) is -4.40. The van der Waals surface area contributed by atoms with Crippen molar-refractivity contribution in [3.8, 4) is 0 Å². The molecule has 0 aliphatic carbocycles. The fourth-order valence-corrected chi connectivity index (χ4v) is 2.15. The molecule has 0 aliphatic rings. The van der Waals surface area contributed by atoms with E-state index < -0.39 is 11.7 Å². The number of H-pyrrole nitrogens is 1. The summed E-state index contributed by atoms with van der Waals surface area (Å²) in [5, 5.41) is 0. The third-order valence-electron chi connectivity index (χ3n) is 2.44. The zero-order valence-electron chi connectivity index (χ0n) is 9.18. The first kappa shape index (κ1) is 14.3. The molecule has 0 bridgehead atoms. The second kappa shape index (κ2) is 5.13. The molecule has 19 heavy (non-hydrogen) atoms. The molecule has 0 saturated carbocycles. The summed E-state index contributed by atoms with van der Waals surface area (Å²) >= 11 is 6.41. The van der Waals surface area contributed by atoms with Gasteiger partial charge in [0.25, 0.3) is 0 Å². The van der Waals surface area contributed by atoms with Gasteiger partial charge in [0.2, 0.25) is 5.78 Å². The first-order valence-corrected chi connectivity index (χ1v) is 6.63. The van der Waals surface area contributed by atoms with Gasteiger partial charge in [-0.25, -0.2) is 0 Å². The fourth-order valence-electron chi connectivity index (χ4n) is 1.49. The zero-order valence-corrected chi connectivity index (χ0v) is 12.4. The van der Waals surface area contributed by atoms with E-state index in [4.69, 9.17) is 0 Å². The summed E-state index contributed by atoms with van der Waals surface area (Å²) < 4.78 is 38.5. The minimum atomic E-state index is -4.40. The number of carbonyl (C=O) groups excluding carboxylic acids is 1. The normalized spacial score (nSPS) is 11.6. The third-order valence-corrected chi connectivity index (χ3v) is 4.23. The minimum Gasteiger partial charge on any atom is -0.346 e. The molecule has 2 rings (SSSR count). The number of alkyl halides is 3. The molecule has 100 valence electrons. The van der Waals surface area contributed by atoms with Crippen LogP contribution in [0.3, 0.4) is 0 Å². The summed E-state index contributed by atoms with van der Waals surface area (Å²) in [6.45, 7) is 0. The highest BCUT2D eigenvalue weighted by molar-refractivity contribution is 9.13. The van der Waals surface area contributed by atoms with Crippen LogP contribution in [-0.4, -0.2) is 10.8 Å². The molecule has 1 heterocycles. The van der Waals surface area contributed by atoms with E-state index in [1.807, 2.05) is 0 Å². The third kappa shape index (κ3) is 3.09. The molecule has 0 spiro atoms. The smallest absolute Gasteiger partial charge is 0.346 e. The number of aromatic nitrogens is 1. The van der Waals surface area contributed by atoms with Crippen molar-refractivity contribution in [3.63, 3.8) is 0 Å². The highest BCUT2D eigenvalue weighted by Crippen LogP contribution is 2.30. The van der Waals surface area contributed by atoms with E-state index in [1.54, 1.807) is 6.07 Å². The molecular weight excluding hydrogens is 391 g/mol. The lowest BCUT2D eigenvalue weighted by Crippen LogP contribution is -2.06. The van der Waals surface area contributed by atoms with Crippen molar-refractivity contribution in [3.05, 3.63) is 56.2 Å². The van der Waals surface area contributed by atoms with Gasteiger partial charge >= 0.3 is 6.18 Å². The van der Waals surface area contributed by atoms with Crippen LogP contribution in [0.25, 0.3) is 0 Å². The summed E-state index contributed by atoms with van der Waals surface area (Å²) in [6, 6.07) is 5.66. The quantitative estimate of drug-likeness (QED) is 0.727. The number of halogens is 5. The van der Waals surface area contributed by atoms with Gasteiger partial charge in [0.1, 0.15) is 0 Å². The Hall–Kier alpha value is -1.08. The molecular formula is C12H6Br2F3NO. The second-order valence-electron chi connectivity index (χ2n) is 3.75. The molecule has 1 aromatic carbocycles. The van der Waals surface area contributed by atoms with Gasteiger partial charge in [-0.1, -0.05) is 12.1 Å². The van der Waals surface area contributed by atoms with Crippen molar-refractivity contribution in [2.24, 2.45) is 0 Å². The van der Waals surface area contributed by atoms with E-state index in [1.165, 1.54) is 0 Å². The maximum absolute atomic E-state index is 12.4. The topological polar surface area (TPSA) is 32.9 Å². The van der Waals surface area contributed by atoms with E-state index >= 15 is 0 Å². The predicted molar refractivity (Wildman–Crippen MR) is 71.1 cm³/mol. The Bertz CT molecular complexity index is 597. The Morgan fingerprint density at radius 1 is 1.11 bits per heavy atom. The number of rotatable bonds is 2. The highest BCUT2D eigenvalue weighted by atomic mass is 79.9. The largest absolute Gasteiger partial charge is 0.416 e. The van der Waals surface area contributed by atoms with Crippen molar-refractivity contribution < 1.29 is 18.0 Å². The number of ketones is 1. The van der Waals surface area contributed by atoms with Crippen molar-refractivity contribution in [1.82, 2.24) is 4.98 Å². The van der Waals surface area contributed by atoms with Crippen molar-refractivity contribution in [2.75, 3.05) is 0 Å². The maximum Gasteiger partial charge on any atom is 0.416 e. The van der Waals surface area contributed by atoms with Crippen molar-refractivity contribution in [1.29, 1.82) is 0 Å². The van der Waals surface area contributed by atoms with Crippen LogP contribution in [-0.2, 0) is 6.18 Å². The van der Waals surface area contributed by atoms with Gasteiger partial charge in [-0.3, -0.25) is 4.79 Å². The molecule has 2 nitrogen and oxygen atoms in total. The molecule has 0 saturated heterocycles. The number of benzene rings is 1. The van der Waals surface area contributed by atoms with Gasteiger partial charge in [-0.2, -0.15) is 13.2 Å². The SMILES string of the molecule is O=C(c1ccc(C(F)(F)F)cc1)c1cc(Br)c(Br)[nH]1. The van der Waals surface area contributed by atoms with Crippen LogP contribution in [0.4, 0.5) is 13.2 Å². The molecule has 1 aromatic heterocycles. The van der Waals surface area contributed by atoms with Crippen molar-refractivity contribution in [2.45, 2.75) is 6.18 Å². The number of carbonyl (C=O) groups is 1. The van der Waals surface area contributed by atoms with Crippen LogP contribution in [0.2, 0.25) is 0 Å². The predicted octanol–water partition coefficient (Wildman–Crippen LogP) is 4.79. The number of hydrogen-bond acceptors (Lipinski definition) is 1. The van der Waals surface area contributed by atoms with Gasteiger partial charge in [0, 0.05) is 5.56 Å². The van der Waals surface area contributed by atoms with Gasteiger partial charge in [-0.05, 0) is 50.1 Å². The standard InChI is InChI=1S/C12H6Br2F3NO/c13-8-5-9(18-11(8)14)10(19)6-1-3-7(4-2-6)12(15,16)17/h1-5,18H. The van der Waals surface area contributed by atoms with Crippen LogP contribution in [0.15, 0.2) is 39.4 Å². The van der Waals surface area contributed by atoms with Gasteiger partial charge in [0.05, 0.1) is 20.3 Å². The number of hydrogen-bond donors (Lipinski definition) is 1. The fraction of sp³-hybridized carbons (Fsp3) is 0.0833. The Kier molecular flexibility index (Phi) is 3.87. The average Bonchev–Trinajstić information content (AvgIpc) is 2.68. The highest BCUT2D eigenvalue weighted by Gasteiger charge is 2.30. The first-order chi connectivity index (χ1) is 8.79. The van der Waals surface area contributed by atoms with Crippen LogP contribution in [0.5, 0.6) is 0 Å². The Morgan fingerprint density at radius 3 is 2.11 bits per heavy atom. The second-order valence-corrected chi connectivity index (χ2v) is 5.40. The lowest BCUT2D eigenvalue weighted by atomic mass is 10.1. The van der Waals surface area contributed by atoms with Crippen LogP contribution in [0, 0.1) is 0 Å². The lowest BCUT2D eigenvalue weighted by Gasteiger charge is -2.06. The van der Waals surface area contributed by atoms with E-state index in [2.05, 4.69) is 36.8 Å². The van der Waals surface area contributed by atoms with Crippen LogP contribution in [0.1, 0.15) is 21.6 Å².